The Morgan fingerprint density at radius 3 is 2.68 bits per heavy atom. The Balaban J connectivity index is 1.51. The second kappa shape index (κ2) is 10.5. The molecule has 2 saturated heterocycles. The number of benzene rings is 1. The summed E-state index contributed by atoms with van der Waals surface area (Å²) in [7, 11) is 0. The molecule has 2 unspecified atom stereocenters. The predicted molar refractivity (Wildman–Crippen MR) is 120 cm³/mol. The van der Waals surface area contributed by atoms with Gasteiger partial charge in [-0.15, -0.1) is 10.2 Å². The summed E-state index contributed by atoms with van der Waals surface area (Å²) in [6.45, 7) is 5.45. The van der Waals surface area contributed by atoms with Gasteiger partial charge in [0.25, 0.3) is 0 Å². The van der Waals surface area contributed by atoms with Crippen LogP contribution < -0.4 is 10.2 Å². The standard InChI is InChI=1S/C22H30FN5O2S/c1-2-19(20(29)24-17-10-8-16(23)9-11-17)31-22-26-25-21(27-12-4-3-5-13-27)28(22)15-18-7-6-14-30-18/h8-11,18-19H,2-7,12-15H2,1H3,(H,24,29). The lowest BCUT2D eigenvalue weighted by atomic mass is 10.1. The van der Waals surface area contributed by atoms with Crippen molar-refractivity contribution in [3.63, 3.8) is 0 Å². The highest BCUT2D eigenvalue weighted by atomic mass is 32.2. The molecule has 2 fully saturated rings. The maximum atomic E-state index is 13.2. The topological polar surface area (TPSA) is 72.3 Å². The predicted octanol–water partition coefficient (Wildman–Crippen LogP) is 4.10. The SMILES string of the molecule is CCC(Sc1nnc(N2CCCCC2)n1CC1CCCO1)C(=O)Nc1ccc(F)cc1. The molecule has 0 bridgehead atoms. The van der Waals surface area contributed by atoms with Crippen molar-refractivity contribution in [1.29, 1.82) is 0 Å². The highest BCUT2D eigenvalue weighted by Gasteiger charge is 2.27. The first kappa shape index (κ1) is 22.1. The second-order valence-corrected chi connectivity index (χ2v) is 9.26. The Labute approximate surface area is 186 Å². The van der Waals surface area contributed by atoms with Crippen LogP contribution in [-0.2, 0) is 16.1 Å². The Morgan fingerprint density at radius 1 is 1.23 bits per heavy atom. The van der Waals surface area contributed by atoms with Crippen LogP contribution in [-0.4, -0.2) is 51.7 Å². The van der Waals surface area contributed by atoms with Crippen LogP contribution >= 0.6 is 11.8 Å². The van der Waals surface area contributed by atoms with E-state index in [1.807, 2.05) is 6.92 Å². The molecule has 31 heavy (non-hydrogen) atoms. The van der Waals surface area contributed by atoms with E-state index in [2.05, 4.69) is 25.0 Å². The number of anilines is 2. The normalized spacial score (nSPS) is 20.1. The minimum atomic E-state index is -0.327. The molecule has 2 aliphatic heterocycles. The van der Waals surface area contributed by atoms with Crippen LogP contribution in [0.4, 0.5) is 16.0 Å². The van der Waals surface area contributed by atoms with Gasteiger partial charge in [0.2, 0.25) is 11.9 Å². The first-order chi connectivity index (χ1) is 15.1. The number of thioether (sulfide) groups is 1. The summed E-state index contributed by atoms with van der Waals surface area (Å²) in [6.07, 6.45) is 6.48. The van der Waals surface area contributed by atoms with Gasteiger partial charge in [0.05, 0.1) is 17.9 Å². The van der Waals surface area contributed by atoms with Crippen LogP contribution in [0, 0.1) is 5.82 Å². The molecular weight excluding hydrogens is 417 g/mol. The van der Waals surface area contributed by atoms with Gasteiger partial charge in [-0.2, -0.15) is 0 Å². The number of aromatic nitrogens is 3. The molecule has 1 aromatic heterocycles. The summed E-state index contributed by atoms with van der Waals surface area (Å²) in [6, 6.07) is 5.82. The summed E-state index contributed by atoms with van der Waals surface area (Å²) in [5, 5.41) is 12.3. The molecule has 7 nitrogen and oxygen atoms in total. The molecule has 9 heteroatoms. The fraction of sp³-hybridized carbons (Fsp3) is 0.591. The maximum absolute atomic E-state index is 13.2. The third kappa shape index (κ3) is 5.57. The highest BCUT2D eigenvalue weighted by Crippen LogP contribution is 2.30. The number of nitrogens with one attached hydrogen (secondary N) is 1. The van der Waals surface area contributed by atoms with E-state index in [9.17, 15) is 9.18 Å². The van der Waals surface area contributed by atoms with Crippen LogP contribution in [0.5, 0.6) is 0 Å². The van der Waals surface area contributed by atoms with Crippen molar-refractivity contribution in [1.82, 2.24) is 14.8 Å². The number of piperidine rings is 1. The van der Waals surface area contributed by atoms with E-state index < -0.39 is 0 Å². The molecule has 2 aliphatic rings. The summed E-state index contributed by atoms with van der Waals surface area (Å²) in [5.74, 6) is 0.434. The molecule has 1 aromatic carbocycles. The molecule has 0 spiro atoms. The lowest BCUT2D eigenvalue weighted by Gasteiger charge is -2.28. The number of halogens is 1. The molecule has 168 valence electrons. The van der Waals surface area contributed by atoms with E-state index in [0.717, 1.165) is 56.5 Å². The molecular formula is C22H30FN5O2S. The van der Waals surface area contributed by atoms with Crippen LogP contribution in [0.15, 0.2) is 29.4 Å². The molecule has 2 aromatic rings. The van der Waals surface area contributed by atoms with E-state index in [1.165, 1.54) is 30.3 Å². The van der Waals surface area contributed by atoms with E-state index in [1.54, 1.807) is 12.1 Å². The molecule has 2 atom stereocenters. The van der Waals surface area contributed by atoms with Gasteiger partial charge in [-0.25, -0.2) is 4.39 Å². The second-order valence-electron chi connectivity index (χ2n) is 8.09. The fourth-order valence-corrected chi connectivity index (χ4v) is 5.01. The van der Waals surface area contributed by atoms with Crippen molar-refractivity contribution in [3.05, 3.63) is 30.1 Å². The van der Waals surface area contributed by atoms with Crippen molar-refractivity contribution < 1.29 is 13.9 Å². The van der Waals surface area contributed by atoms with Gasteiger partial charge in [0.1, 0.15) is 5.82 Å². The summed E-state index contributed by atoms with van der Waals surface area (Å²) in [5.41, 5.74) is 0.584. The van der Waals surface area contributed by atoms with Gasteiger partial charge >= 0.3 is 0 Å². The average molecular weight is 448 g/mol. The van der Waals surface area contributed by atoms with Crippen LogP contribution in [0.3, 0.4) is 0 Å². The number of carbonyl (C=O) groups excluding carboxylic acids is 1. The van der Waals surface area contributed by atoms with Crippen LogP contribution in [0.25, 0.3) is 0 Å². The number of amides is 1. The third-order valence-electron chi connectivity index (χ3n) is 5.77. The molecule has 0 saturated carbocycles. The maximum Gasteiger partial charge on any atom is 0.237 e. The molecule has 4 rings (SSSR count). The minimum absolute atomic E-state index is 0.120. The zero-order valence-electron chi connectivity index (χ0n) is 17.9. The zero-order chi connectivity index (χ0) is 21.6. The number of hydrogen-bond acceptors (Lipinski definition) is 6. The molecule has 1 N–H and O–H groups in total. The monoisotopic (exact) mass is 447 g/mol. The number of hydrogen-bond donors (Lipinski definition) is 1. The molecule has 1 amide bonds. The summed E-state index contributed by atoms with van der Waals surface area (Å²) >= 11 is 1.44. The van der Waals surface area contributed by atoms with Gasteiger partial charge in [-0.05, 0) is 62.8 Å². The quantitative estimate of drug-likeness (QED) is 0.615. The van der Waals surface area contributed by atoms with Crippen molar-refractivity contribution in [2.75, 3.05) is 29.9 Å². The Morgan fingerprint density at radius 2 is 2.00 bits per heavy atom. The smallest absolute Gasteiger partial charge is 0.237 e. The lowest BCUT2D eigenvalue weighted by Crippen LogP contribution is -2.33. The zero-order valence-corrected chi connectivity index (χ0v) is 18.7. The van der Waals surface area contributed by atoms with E-state index >= 15 is 0 Å². The highest BCUT2D eigenvalue weighted by molar-refractivity contribution is 8.00. The van der Waals surface area contributed by atoms with Gasteiger partial charge < -0.3 is 15.0 Å². The lowest BCUT2D eigenvalue weighted by molar-refractivity contribution is -0.115. The summed E-state index contributed by atoms with van der Waals surface area (Å²) in [4.78, 5) is 15.2. The van der Waals surface area contributed by atoms with E-state index in [-0.39, 0.29) is 23.1 Å². The Bertz CT molecular complexity index is 863. The minimum Gasteiger partial charge on any atom is -0.376 e. The van der Waals surface area contributed by atoms with Gasteiger partial charge in [0, 0.05) is 25.4 Å². The fourth-order valence-electron chi connectivity index (χ4n) is 4.05. The van der Waals surface area contributed by atoms with Gasteiger partial charge in [-0.1, -0.05) is 18.7 Å². The number of carbonyl (C=O) groups is 1. The van der Waals surface area contributed by atoms with Crippen molar-refractivity contribution in [2.24, 2.45) is 0 Å². The van der Waals surface area contributed by atoms with E-state index in [4.69, 9.17) is 4.74 Å². The Kier molecular flexibility index (Phi) is 7.45. The van der Waals surface area contributed by atoms with Crippen molar-refractivity contribution in [3.8, 4) is 0 Å². The number of rotatable bonds is 8. The molecule has 0 aliphatic carbocycles. The van der Waals surface area contributed by atoms with E-state index in [0.29, 0.717) is 18.7 Å². The van der Waals surface area contributed by atoms with Gasteiger partial charge in [0.15, 0.2) is 5.16 Å². The summed E-state index contributed by atoms with van der Waals surface area (Å²) < 4.78 is 21.2. The molecule has 0 radical (unpaired) electrons. The van der Waals surface area contributed by atoms with Crippen LogP contribution in [0.2, 0.25) is 0 Å². The first-order valence-electron chi connectivity index (χ1n) is 11.2. The van der Waals surface area contributed by atoms with Crippen molar-refractivity contribution >= 4 is 29.3 Å². The van der Waals surface area contributed by atoms with Crippen molar-refractivity contribution in [2.45, 2.75) is 68.5 Å². The van der Waals surface area contributed by atoms with Gasteiger partial charge in [-0.3, -0.25) is 9.36 Å². The number of ether oxygens (including phenoxy) is 1. The van der Waals surface area contributed by atoms with Crippen LogP contribution in [0.1, 0.15) is 45.4 Å². The Hall–Kier alpha value is -2.13. The number of nitrogens with zero attached hydrogens (tertiary/aromatic N) is 4. The largest absolute Gasteiger partial charge is 0.376 e. The third-order valence-corrected chi connectivity index (χ3v) is 7.11. The molecule has 3 heterocycles. The average Bonchev–Trinajstić information content (AvgIpc) is 3.45. The first-order valence-corrected chi connectivity index (χ1v) is 12.0.